The Morgan fingerprint density at radius 2 is 2.37 bits per heavy atom. The van der Waals surface area contributed by atoms with E-state index in [0.29, 0.717) is 6.04 Å². The lowest BCUT2D eigenvalue weighted by Gasteiger charge is -2.25. The number of nitrogens with zero attached hydrogens (tertiary/aromatic N) is 2. The first-order valence-corrected chi connectivity index (χ1v) is 7.42. The van der Waals surface area contributed by atoms with Gasteiger partial charge in [0.1, 0.15) is 5.82 Å². The van der Waals surface area contributed by atoms with Crippen LogP contribution in [0.5, 0.6) is 0 Å². The van der Waals surface area contributed by atoms with Gasteiger partial charge in [0.25, 0.3) is 0 Å². The minimum atomic E-state index is 0.455. The van der Waals surface area contributed by atoms with E-state index in [1.807, 2.05) is 6.20 Å². The molecule has 0 aliphatic heterocycles. The summed E-state index contributed by atoms with van der Waals surface area (Å²) >= 11 is 0. The second-order valence-electron chi connectivity index (χ2n) is 5.18. The van der Waals surface area contributed by atoms with Crippen LogP contribution in [-0.4, -0.2) is 30.2 Å². The van der Waals surface area contributed by atoms with Crippen LogP contribution in [0.4, 0.5) is 0 Å². The number of aromatic nitrogens is 2. The molecule has 1 aliphatic carbocycles. The van der Waals surface area contributed by atoms with Gasteiger partial charge in [-0.2, -0.15) is 0 Å². The zero-order valence-corrected chi connectivity index (χ0v) is 12.1. The number of fused-ring (bicyclic) bond motifs is 1. The van der Waals surface area contributed by atoms with Gasteiger partial charge in [-0.15, -0.1) is 0 Å². The lowest BCUT2D eigenvalue weighted by Crippen LogP contribution is -2.27. The van der Waals surface area contributed by atoms with Gasteiger partial charge >= 0.3 is 0 Å². The molecule has 4 heteroatoms. The molecule has 0 radical (unpaired) electrons. The molecule has 106 valence electrons. The summed E-state index contributed by atoms with van der Waals surface area (Å²) in [6.45, 7) is 4.05. The topological polar surface area (TPSA) is 47.0 Å². The largest absolute Gasteiger partial charge is 0.385 e. The van der Waals surface area contributed by atoms with Crippen molar-refractivity contribution < 1.29 is 4.74 Å². The van der Waals surface area contributed by atoms with Crippen molar-refractivity contribution >= 4 is 0 Å². The fraction of sp³-hybridized carbons (Fsp3) is 0.733. The van der Waals surface area contributed by atoms with E-state index < -0.39 is 0 Å². The molecule has 1 unspecified atom stereocenters. The molecule has 0 fully saturated rings. The molecule has 1 heterocycles. The van der Waals surface area contributed by atoms with Gasteiger partial charge in [0.05, 0.1) is 0 Å². The zero-order valence-electron chi connectivity index (χ0n) is 12.1. The highest BCUT2D eigenvalue weighted by Gasteiger charge is 2.21. The van der Waals surface area contributed by atoms with Crippen LogP contribution < -0.4 is 5.32 Å². The van der Waals surface area contributed by atoms with Crippen molar-refractivity contribution in [1.82, 2.24) is 15.3 Å². The fourth-order valence-corrected chi connectivity index (χ4v) is 2.61. The lowest BCUT2D eigenvalue weighted by atomic mass is 9.92. The summed E-state index contributed by atoms with van der Waals surface area (Å²) in [6.07, 6.45) is 8.64. The van der Waals surface area contributed by atoms with Crippen molar-refractivity contribution in [2.45, 2.75) is 51.5 Å². The molecule has 0 spiro atoms. The molecule has 0 saturated heterocycles. The van der Waals surface area contributed by atoms with E-state index in [0.717, 1.165) is 38.2 Å². The maximum Gasteiger partial charge on any atom is 0.128 e. The van der Waals surface area contributed by atoms with Gasteiger partial charge in [-0.25, -0.2) is 9.97 Å². The molecule has 1 aromatic heterocycles. The Labute approximate surface area is 116 Å². The minimum Gasteiger partial charge on any atom is -0.385 e. The third-order valence-corrected chi connectivity index (χ3v) is 3.62. The van der Waals surface area contributed by atoms with Crippen LogP contribution in [0.2, 0.25) is 0 Å². The molecule has 0 saturated carbocycles. The highest BCUT2D eigenvalue weighted by atomic mass is 16.5. The van der Waals surface area contributed by atoms with E-state index in [1.54, 1.807) is 7.11 Å². The van der Waals surface area contributed by atoms with E-state index in [4.69, 9.17) is 9.72 Å². The number of rotatable bonds is 7. The smallest absolute Gasteiger partial charge is 0.128 e. The predicted molar refractivity (Wildman–Crippen MR) is 76.2 cm³/mol. The van der Waals surface area contributed by atoms with Crippen LogP contribution in [0.15, 0.2) is 6.20 Å². The second-order valence-corrected chi connectivity index (χ2v) is 5.18. The van der Waals surface area contributed by atoms with Crippen LogP contribution in [-0.2, 0) is 17.6 Å². The zero-order chi connectivity index (χ0) is 13.5. The lowest BCUT2D eigenvalue weighted by molar-refractivity contribution is 0.194. The Morgan fingerprint density at radius 3 is 3.16 bits per heavy atom. The molecule has 2 rings (SSSR count). The van der Waals surface area contributed by atoms with Gasteiger partial charge in [0, 0.05) is 43.6 Å². The van der Waals surface area contributed by atoms with Gasteiger partial charge in [-0.1, -0.05) is 6.92 Å². The summed E-state index contributed by atoms with van der Waals surface area (Å²) in [7, 11) is 1.73. The number of ether oxygens (including phenoxy) is 1. The normalized spacial score (nSPS) is 18.3. The summed E-state index contributed by atoms with van der Waals surface area (Å²) in [6, 6.07) is 0.455. The van der Waals surface area contributed by atoms with Crippen LogP contribution in [0, 0.1) is 0 Å². The average molecular weight is 263 g/mol. The molecular formula is C15H25N3O. The first-order valence-electron chi connectivity index (χ1n) is 7.42. The summed E-state index contributed by atoms with van der Waals surface area (Å²) in [5, 5.41) is 3.60. The molecule has 1 atom stereocenters. The molecule has 0 bridgehead atoms. The Balaban J connectivity index is 2.02. The summed E-state index contributed by atoms with van der Waals surface area (Å²) in [5.74, 6) is 0.965. The maximum atomic E-state index is 5.07. The Morgan fingerprint density at radius 1 is 1.47 bits per heavy atom. The monoisotopic (exact) mass is 263 g/mol. The first kappa shape index (κ1) is 14.4. The van der Waals surface area contributed by atoms with E-state index in [-0.39, 0.29) is 0 Å². The van der Waals surface area contributed by atoms with Crippen LogP contribution in [0.3, 0.4) is 0 Å². The van der Waals surface area contributed by atoms with Gasteiger partial charge in [0.15, 0.2) is 0 Å². The van der Waals surface area contributed by atoms with Crippen molar-refractivity contribution in [3.8, 4) is 0 Å². The Bertz CT molecular complexity index is 395. The highest BCUT2D eigenvalue weighted by molar-refractivity contribution is 5.24. The molecule has 1 aliphatic rings. The quantitative estimate of drug-likeness (QED) is 0.768. The summed E-state index contributed by atoms with van der Waals surface area (Å²) < 4.78 is 5.07. The van der Waals surface area contributed by atoms with E-state index in [1.165, 1.54) is 30.5 Å². The SMILES string of the molecule is CCCNC1CCCc2nc(CCCOC)ncc21. The van der Waals surface area contributed by atoms with Crippen molar-refractivity contribution in [2.75, 3.05) is 20.3 Å². The standard InChI is InChI=1S/C15H25N3O/c1-3-9-16-13-6-4-7-14-12(13)11-17-15(18-14)8-5-10-19-2/h11,13,16H,3-10H2,1-2H3. The summed E-state index contributed by atoms with van der Waals surface area (Å²) in [4.78, 5) is 9.25. The van der Waals surface area contributed by atoms with Crippen LogP contribution >= 0.6 is 0 Å². The molecule has 4 nitrogen and oxygen atoms in total. The number of hydrogen-bond donors (Lipinski definition) is 1. The molecular weight excluding hydrogens is 238 g/mol. The Kier molecular flexibility index (Phi) is 5.73. The molecule has 0 aromatic carbocycles. The van der Waals surface area contributed by atoms with Crippen LogP contribution in [0.25, 0.3) is 0 Å². The van der Waals surface area contributed by atoms with Gasteiger partial charge in [0.2, 0.25) is 0 Å². The first-order chi connectivity index (χ1) is 9.35. The molecule has 1 aromatic rings. The number of aryl methyl sites for hydroxylation is 2. The molecule has 0 amide bonds. The fourth-order valence-electron chi connectivity index (χ4n) is 2.61. The van der Waals surface area contributed by atoms with Gasteiger partial charge < -0.3 is 10.1 Å². The van der Waals surface area contributed by atoms with Crippen molar-refractivity contribution in [3.05, 3.63) is 23.3 Å². The van der Waals surface area contributed by atoms with Crippen molar-refractivity contribution in [2.24, 2.45) is 0 Å². The third kappa shape index (κ3) is 3.98. The number of hydrogen-bond acceptors (Lipinski definition) is 4. The van der Waals surface area contributed by atoms with Crippen LogP contribution in [0.1, 0.15) is 55.7 Å². The Hall–Kier alpha value is -1.00. The maximum absolute atomic E-state index is 5.07. The van der Waals surface area contributed by atoms with Crippen molar-refractivity contribution in [3.63, 3.8) is 0 Å². The average Bonchev–Trinajstić information content (AvgIpc) is 2.45. The van der Waals surface area contributed by atoms with E-state index in [2.05, 4.69) is 17.2 Å². The number of nitrogens with one attached hydrogen (secondary N) is 1. The predicted octanol–water partition coefficient (Wildman–Crippen LogP) is 2.43. The van der Waals surface area contributed by atoms with Crippen molar-refractivity contribution in [1.29, 1.82) is 0 Å². The van der Waals surface area contributed by atoms with Gasteiger partial charge in [-0.05, 0) is 38.6 Å². The van der Waals surface area contributed by atoms with Gasteiger partial charge in [-0.3, -0.25) is 0 Å². The van der Waals surface area contributed by atoms with E-state index >= 15 is 0 Å². The number of methoxy groups -OCH3 is 1. The highest BCUT2D eigenvalue weighted by Crippen LogP contribution is 2.27. The third-order valence-electron chi connectivity index (χ3n) is 3.62. The molecule has 19 heavy (non-hydrogen) atoms. The minimum absolute atomic E-state index is 0.455. The second kappa shape index (κ2) is 7.56. The molecule has 1 N–H and O–H groups in total. The summed E-state index contributed by atoms with van der Waals surface area (Å²) in [5.41, 5.74) is 2.57. The van der Waals surface area contributed by atoms with E-state index in [9.17, 15) is 0 Å².